The molecule has 20 nitrogen and oxygen atoms in total. The van der Waals surface area contributed by atoms with Crippen LogP contribution in [-0.2, 0) is 38.4 Å². The first-order valence-electron chi connectivity index (χ1n) is 17.9. The lowest BCUT2D eigenvalue weighted by atomic mass is 9.83. The summed E-state index contributed by atoms with van der Waals surface area (Å²) in [5.74, 6) is -7.81. The number of hydrogen-bond donors (Lipinski definition) is 12. The maximum atomic E-state index is 13.8. The first-order chi connectivity index (χ1) is 25.0. The van der Waals surface area contributed by atoms with Gasteiger partial charge in [0.05, 0.1) is 25.4 Å². The van der Waals surface area contributed by atoms with Crippen LogP contribution in [0.1, 0.15) is 78.6 Å². The molecule has 1 saturated heterocycles. The van der Waals surface area contributed by atoms with Gasteiger partial charge in [0.2, 0.25) is 41.4 Å². The molecule has 0 aromatic carbocycles. The van der Waals surface area contributed by atoms with E-state index in [1.807, 2.05) is 0 Å². The molecule has 1 aliphatic heterocycles. The van der Waals surface area contributed by atoms with Gasteiger partial charge in [0, 0.05) is 13.0 Å². The highest BCUT2D eigenvalue weighted by Crippen LogP contribution is 2.27. The van der Waals surface area contributed by atoms with E-state index in [1.165, 1.54) is 6.92 Å². The van der Waals surface area contributed by atoms with Crippen molar-refractivity contribution in [1.29, 1.82) is 0 Å². The molecule has 0 spiro atoms. The zero-order chi connectivity index (χ0) is 39.8. The van der Waals surface area contributed by atoms with Gasteiger partial charge >= 0.3 is 5.97 Å². The Morgan fingerprint density at radius 3 is 1.75 bits per heavy atom. The molecular weight excluding hydrogens is 700 g/mol. The number of carboxylic acids is 1. The predicted octanol–water partition coefficient (Wildman–Crippen LogP) is -4.40. The average Bonchev–Trinajstić information content (AvgIpc) is 3.55. The molecule has 0 aromatic rings. The fourth-order valence-corrected chi connectivity index (χ4v) is 6.15. The van der Waals surface area contributed by atoms with Gasteiger partial charge in [-0.2, -0.15) is 0 Å². The minimum absolute atomic E-state index is 0.0685. The molecule has 0 aromatic heterocycles. The number of amides is 7. The van der Waals surface area contributed by atoms with E-state index in [0.717, 1.165) is 19.3 Å². The minimum Gasteiger partial charge on any atom is -0.480 e. The fraction of sp³-hybridized carbons (Fsp3) is 0.758. The molecule has 0 bridgehead atoms. The monoisotopic (exact) mass is 756 g/mol. The lowest BCUT2D eigenvalue weighted by Crippen LogP contribution is -2.61. The average molecular weight is 757 g/mol. The predicted molar refractivity (Wildman–Crippen MR) is 186 cm³/mol. The molecule has 13 N–H and O–H groups in total. The van der Waals surface area contributed by atoms with E-state index in [1.54, 1.807) is 13.8 Å². The molecule has 53 heavy (non-hydrogen) atoms. The zero-order valence-electron chi connectivity index (χ0n) is 30.4. The summed E-state index contributed by atoms with van der Waals surface area (Å²) in [7, 11) is 0. The number of hydrogen-bond acceptors (Lipinski definition) is 12. The second kappa shape index (κ2) is 22.0. The maximum absolute atomic E-state index is 13.8. The van der Waals surface area contributed by atoms with Crippen LogP contribution in [-0.4, -0.2) is 136 Å². The van der Waals surface area contributed by atoms with E-state index in [4.69, 9.17) is 5.73 Å². The van der Waals surface area contributed by atoms with Crippen molar-refractivity contribution in [2.45, 2.75) is 127 Å². The quantitative estimate of drug-likeness (QED) is 0.0527. The van der Waals surface area contributed by atoms with Crippen molar-refractivity contribution >= 4 is 47.3 Å². The summed E-state index contributed by atoms with van der Waals surface area (Å²) in [6.45, 7) is 3.26. The van der Waals surface area contributed by atoms with Gasteiger partial charge in [-0.3, -0.25) is 33.6 Å². The Kier molecular flexibility index (Phi) is 18.5. The fourth-order valence-electron chi connectivity index (χ4n) is 6.15. The molecule has 20 heteroatoms. The molecule has 2 rings (SSSR count). The van der Waals surface area contributed by atoms with Gasteiger partial charge in [0.25, 0.3) is 0 Å². The number of carbonyl (C=O) groups excluding carboxylic acids is 7. The van der Waals surface area contributed by atoms with Crippen LogP contribution in [0.25, 0.3) is 0 Å². The number of carbonyl (C=O) groups is 8. The van der Waals surface area contributed by atoms with E-state index in [-0.39, 0.29) is 38.1 Å². The largest absolute Gasteiger partial charge is 0.480 e. The summed E-state index contributed by atoms with van der Waals surface area (Å²) in [5, 5.41) is 56.3. The number of rotatable bonds is 21. The van der Waals surface area contributed by atoms with Crippen LogP contribution >= 0.6 is 0 Å². The highest BCUT2D eigenvalue weighted by atomic mass is 16.4. The Hall–Kier alpha value is -4.40. The number of carboxylic acid groups (broad SMARTS) is 1. The van der Waals surface area contributed by atoms with Crippen molar-refractivity contribution in [2.75, 3.05) is 19.8 Å². The Morgan fingerprint density at radius 1 is 0.717 bits per heavy atom. The number of aliphatic carboxylic acids is 1. The first kappa shape index (κ1) is 44.8. The topological polar surface area (TPSA) is 328 Å². The van der Waals surface area contributed by atoms with E-state index in [9.17, 15) is 58.8 Å². The Balaban J connectivity index is 2.19. The number of nitrogens with two attached hydrogens (primary N) is 1. The van der Waals surface area contributed by atoms with E-state index >= 15 is 0 Å². The molecule has 1 saturated carbocycles. The van der Waals surface area contributed by atoms with Crippen LogP contribution < -0.4 is 43.0 Å². The maximum Gasteiger partial charge on any atom is 0.326 e. The Bertz CT molecular complexity index is 1310. The Labute approximate surface area is 307 Å². The first-order valence-corrected chi connectivity index (χ1v) is 17.9. The summed E-state index contributed by atoms with van der Waals surface area (Å²) in [4.78, 5) is 102. The van der Waals surface area contributed by atoms with Crippen molar-refractivity contribution in [1.82, 2.24) is 37.2 Å². The smallest absolute Gasteiger partial charge is 0.326 e. The molecule has 0 unspecified atom stereocenters. The molecular formula is C33H56N8O12. The lowest BCUT2D eigenvalue weighted by molar-refractivity contribution is -0.143. The number of aliphatic hydroxyl groups is 3. The van der Waals surface area contributed by atoms with Gasteiger partial charge in [-0.05, 0) is 50.9 Å². The molecule has 8 atom stereocenters. The molecule has 2 aliphatic rings. The van der Waals surface area contributed by atoms with E-state index in [0.29, 0.717) is 12.8 Å². The third-order valence-corrected chi connectivity index (χ3v) is 9.14. The lowest BCUT2D eigenvalue weighted by Gasteiger charge is -2.32. The van der Waals surface area contributed by atoms with Crippen LogP contribution in [0.2, 0.25) is 0 Å². The molecule has 7 amide bonds. The Morgan fingerprint density at radius 2 is 1.25 bits per heavy atom. The summed E-state index contributed by atoms with van der Waals surface area (Å²) >= 11 is 0. The van der Waals surface area contributed by atoms with Gasteiger partial charge in [0.15, 0.2) is 0 Å². The summed E-state index contributed by atoms with van der Waals surface area (Å²) in [6, 6.07) is -9.11. The van der Waals surface area contributed by atoms with Gasteiger partial charge in [0.1, 0.15) is 36.3 Å². The number of aliphatic hydroxyl groups excluding tert-OH is 3. The highest BCUT2D eigenvalue weighted by molar-refractivity contribution is 5.97. The van der Waals surface area contributed by atoms with Crippen LogP contribution in [0.15, 0.2) is 0 Å². The molecule has 1 heterocycles. The number of β-amino-alcohol motifs (C(OH)–C–C–N with tert-alkyl or cyclic N) is 1. The summed E-state index contributed by atoms with van der Waals surface area (Å²) in [6.07, 6.45) is 2.13. The third-order valence-electron chi connectivity index (χ3n) is 9.14. The normalized spacial score (nSPS) is 20.8. The van der Waals surface area contributed by atoms with Crippen molar-refractivity contribution in [3.05, 3.63) is 0 Å². The molecule has 300 valence electrons. The van der Waals surface area contributed by atoms with Crippen LogP contribution in [0, 0.1) is 11.8 Å². The van der Waals surface area contributed by atoms with E-state index < -0.39 is 115 Å². The van der Waals surface area contributed by atoms with Crippen molar-refractivity contribution < 1.29 is 58.8 Å². The van der Waals surface area contributed by atoms with E-state index in [2.05, 4.69) is 37.2 Å². The van der Waals surface area contributed by atoms with Crippen molar-refractivity contribution in [3.8, 4) is 0 Å². The number of primary amides is 1. The standard InChI is InChI=1S/C33H56N8O12/c1-16(2)11-22(33(52)53)38-30(49)23(14-42)40-28(47)20(9-10-25(34)45)37-32(51)26(18-7-5-4-6-8-18)41-31(50)24(15-43)39-27(46)17(3)36-29(48)21-12-19(44)13-35-21/h16-24,26,35,42-44H,4-15H2,1-3H3,(H2,34,45)(H,36,48)(H,37,51)(H,38,49)(H,39,46)(H,40,47)(H,41,50)(H,52,53)/t17-,19+,20-,21-,22-,23-,24-,26-/m0/s1. The second-order valence-electron chi connectivity index (χ2n) is 14.0. The molecule has 1 aliphatic carbocycles. The number of nitrogens with one attached hydrogen (secondary N) is 7. The highest BCUT2D eigenvalue weighted by Gasteiger charge is 2.37. The second-order valence-corrected chi connectivity index (χ2v) is 14.0. The summed E-state index contributed by atoms with van der Waals surface area (Å²) in [5.41, 5.74) is 5.29. The minimum atomic E-state index is -1.62. The van der Waals surface area contributed by atoms with Crippen LogP contribution in [0.3, 0.4) is 0 Å². The van der Waals surface area contributed by atoms with Gasteiger partial charge < -0.3 is 63.4 Å². The zero-order valence-corrected chi connectivity index (χ0v) is 30.4. The molecule has 0 radical (unpaired) electrons. The summed E-state index contributed by atoms with van der Waals surface area (Å²) < 4.78 is 0. The van der Waals surface area contributed by atoms with Gasteiger partial charge in [-0.25, -0.2) is 4.79 Å². The van der Waals surface area contributed by atoms with Crippen LogP contribution in [0.5, 0.6) is 0 Å². The van der Waals surface area contributed by atoms with Crippen molar-refractivity contribution in [3.63, 3.8) is 0 Å². The van der Waals surface area contributed by atoms with Gasteiger partial charge in [-0.1, -0.05) is 33.1 Å². The molecule has 2 fully saturated rings. The SMILES string of the molecule is CC(C)C[C@H](NC(=O)[C@H](CO)NC(=O)[C@H](CCC(N)=O)NC(=O)[C@@H](NC(=O)[C@H](CO)NC(=O)[C@H](C)NC(=O)[C@@H]1C[C@@H](O)CN1)C1CCCCC1)C(=O)O. The van der Waals surface area contributed by atoms with Gasteiger partial charge in [-0.15, -0.1) is 0 Å². The third kappa shape index (κ3) is 14.9. The van der Waals surface area contributed by atoms with Crippen molar-refractivity contribution in [2.24, 2.45) is 17.6 Å². The van der Waals surface area contributed by atoms with Crippen LogP contribution in [0.4, 0.5) is 0 Å².